The molecule has 2 rings (SSSR count). The molecule has 0 saturated carbocycles. The van der Waals surface area contributed by atoms with E-state index in [1.54, 1.807) is 24.3 Å². The zero-order valence-electron chi connectivity index (χ0n) is 8.98. The molecule has 0 atom stereocenters. The maximum absolute atomic E-state index is 11.7. The van der Waals surface area contributed by atoms with E-state index in [0.29, 0.717) is 11.3 Å². The molecule has 17 heavy (non-hydrogen) atoms. The Morgan fingerprint density at radius 1 is 1.24 bits per heavy atom. The lowest BCUT2D eigenvalue weighted by Crippen LogP contribution is -2.16. The number of anilines is 1. The first-order valence-electron chi connectivity index (χ1n) is 4.91. The van der Waals surface area contributed by atoms with Gasteiger partial charge in [0.15, 0.2) is 5.78 Å². The fourth-order valence-electron chi connectivity index (χ4n) is 1.80. The number of benzene rings is 1. The van der Waals surface area contributed by atoms with Gasteiger partial charge in [0.05, 0.1) is 5.57 Å². The molecule has 1 aliphatic heterocycles. The zero-order valence-corrected chi connectivity index (χ0v) is 8.98. The number of fused-ring (bicyclic) bond motifs is 1. The van der Waals surface area contributed by atoms with E-state index in [-0.39, 0.29) is 5.57 Å². The van der Waals surface area contributed by atoms with E-state index in [4.69, 9.17) is 5.11 Å². The summed E-state index contributed by atoms with van der Waals surface area (Å²) in [5, 5.41) is 11.5. The van der Waals surface area contributed by atoms with Gasteiger partial charge >= 0.3 is 5.97 Å². The second-order valence-corrected chi connectivity index (χ2v) is 3.61. The van der Waals surface area contributed by atoms with Gasteiger partial charge in [-0.3, -0.25) is 9.59 Å². The van der Waals surface area contributed by atoms with Crippen molar-refractivity contribution in [2.24, 2.45) is 0 Å². The van der Waals surface area contributed by atoms with Crippen LogP contribution in [0.4, 0.5) is 5.69 Å². The predicted molar refractivity (Wildman–Crippen MR) is 60.3 cm³/mol. The number of amides is 1. The third-order valence-corrected chi connectivity index (χ3v) is 2.49. The lowest BCUT2D eigenvalue weighted by Gasteiger charge is -2.02. The Labute approximate surface area is 96.8 Å². The second kappa shape index (κ2) is 3.86. The van der Waals surface area contributed by atoms with Gasteiger partial charge in [-0.1, -0.05) is 18.2 Å². The molecule has 0 bridgehead atoms. The van der Waals surface area contributed by atoms with Gasteiger partial charge < -0.3 is 10.4 Å². The van der Waals surface area contributed by atoms with Gasteiger partial charge in [0.2, 0.25) is 0 Å². The fraction of sp³-hybridized carbons (Fsp3) is 0.0833. The van der Waals surface area contributed by atoms with Crippen LogP contribution in [0.1, 0.15) is 12.5 Å². The van der Waals surface area contributed by atoms with Crippen LogP contribution in [-0.2, 0) is 14.4 Å². The fourth-order valence-corrected chi connectivity index (χ4v) is 1.80. The van der Waals surface area contributed by atoms with Crippen molar-refractivity contribution >= 4 is 28.9 Å². The van der Waals surface area contributed by atoms with Crippen LogP contribution in [0.25, 0.3) is 5.57 Å². The minimum atomic E-state index is -1.39. The third kappa shape index (κ3) is 1.71. The first kappa shape index (κ1) is 11.1. The summed E-state index contributed by atoms with van der Waals surface area (Å²) in [5.41, 5.74) is 0.422. The van der Waals surface area contributed by atoms with Gasteiger partial charge in [0.25, 0.3) is 5.91 Å². The van der Waals surface area contributed by atoms with Crippen LogP contribution in [0.2, 0.25) is 0 Å². The minimum Gasteiger partial charge on any atom is -0.478 e. The SMILES string of the molecule is CC(=O)/C(C(=O)O)=C1\C(=O)Nc2ccccc21. The Balaban J connectivity index is 2.74. The number of carboxylic acids is 1. The molecule has 1 aliphatic rings. The van der Waals surface area contributed by atoms with E-state index in [9.17, 15) is 14.4 Å². The summed E-state index contributed by atoms with van der Waals surface area (Å²) in [4.78, 5) is 34.0. The molecule has 1 aromatic carbocycles. The molecule has 0 aromatic heterocycles. The maximum Gasteiger partial charge on any atom is 0.340 e. The summed E-state index contributed by atoms with van der Waals surface area (Å²) >= 11 is 0. The number of carbonyl (C=O) groups excluding carboxylic acids is 2. The molecular formula is C12H9NO4. The predicted octanol–water partition coefficient (Wildman–Crippen LogP) is 1.07. The van der Waals surface area contributed by atoms with Crippen LogP contribution in [0.3, 0.4) is 0 Å². The normalized spacial score (nSPS) is 16.2. The van der Waals surface area contributed by atoms with Crippen molar-refractivity contribution in [2.45, 2.75) is 6.92 Å². The van der Waals surface area contributed by atoms with E-state index in [1.165, 1.54) is 0 Å². The molecule has 0 aliphatic carbocycles. The molecule has 0 saturated heterocycles. The van der Waals surface area contributed by atoms with Crippen LogP contribution in [0.15, 0.2) is 29.8 Å². The van der Waals surface area contributed by atoms with Crippen LogP contribution in [0, 0.1) is 0 Å². The number of hydrogen-bond acceptors (Lipinski definition) is 3. The molecule has 5 heteroatoms. The van der Waals surface area contributed by atoms with Crippen molar-refractivity contribution in [2.75, 3.05) is 5.32 Å². The molecule has 1 aromatic rings. The molecule has 86 valence electrons. The maximum atomic E-state index is 11.7. The average Bonchev–Trinajstić information content (AvgIpc) is 2.55. The summed E-state index contributed by atoms with van der Waals surface area (Å²) < 4.78 is 0. The molecule has 1 heterocycles. The van der Waals surface area contributed by atoms with Crippen molar-refractivity contribution < 1.29 is 19.5 Å². The summed E-state index contributed by atoms with van der Waals surface area (Å²) in [6, 6.07) is 6.66. The van der Waals surface area contributed by atoms with Gasteiger partial charge in [-0.05, 0) is 13.0 Å². The Kier molecular flexibility index (Phi) is 2.51. The molecular weight excluding hydrogens is 222 g/mol. The minimum absolute atomic E-state index is 0.0689. The first-order chi connectivity index (χ1) is 8.02. The summed E-state index contributed by atoms with van der Waals surface area (Å²) in [7, 11) is 0. The highest BCUT2D eigenvalue weighted by Gasteiger charge is 2.31. The second-order valence-electron chi connectivity index (χ2n) is 3.61. The van der Waals surface area contributed by atoms with Gasteiger partial charge in [-0.15, -0.1) is 0 Å². The van der Waals surface area contributed by atoms with Crippen molar-refractivity contribution in [3.05, 3.63) is 35.4 Å². The highest BCUT2D eigenvalue weighted by Crippen LogP contribution is 2.33. The lowest BCUT2D eigenvalue weighted by atomic mass is 9.99. The van der Waals surface area contributed by atoms with Crippen molar-refractivity contribution in [3.63, 3.8) is 0 Å². The monoisotopic (exact) mass is 231 g/mol. The number of carboxylic acid groups (broad SMARTS) is 1. The van der Waals surface area contributed by atoms with Crippen LogP contribution >= 0.6 is 0 Å². The van der Waals surface area contributed by atoms with E-state index in [1.807, 2.05) is 0 Å². The van der Waals surface area contributed by atoms with E-state index in [0.717, 1.165) is 6.92 Å². The quantitative estimate of drug-likeness (QED) is 0.453. The highest BCUT2D eigenvalue weighted by molar-refractivity contribution is 6.40. The first-order valence-corrected chi connectivity index (χ1v) is 4.91. The molecule has 1 amide bonds. The Hall–Kier alpha value is -2.43. The number of rotatable bonds is 2. The van der Waals surface area contributed by atoms with Crippen molar-refractivity contribution in [1.82, 2.24) is 0 Å². The molecule has 2 N–H and O–H groups in total. The molecule has 5 nitrogen and oxygen atoms in total. The largest absolute Gasteiger partial charge is 0.478 e. The summed E-state index contributed by atoms with van der Waals surface area (Å²) in [5.74, 6) is -2.59. The number of aliphatic carboxylic acids is 1. The summed E-state index contributed by atoms with van der Waals surface area (Å²) in [6.07, 6.45) is 0. The number of ketones is 1. The topological polar surface area (TPSA) is 83.5 Å². The van der Waals surface area contributed by atoms with E-state index in [2.05, 4.69) is 5.32 Å². The van der Waals surface area contributed by atoms with Gasteiger partial charge in [0, 0.05) is 11.3 Å². The van der Waals surface area contributed by atoms with Crippen molar-refractivity contribution in [3.8, 4) is 0 Å². The number of Topliss-reactive ketones (excluding diaryl/α,β-unsaturated/α-hetero) is 1. The van der Waals surface area contributed by atoms with Crippen LogP contribution in [-0.4, -0.2) is 22.8 Å². The number of nitrogens with one attached hydrogen (secondary N) is 1. The number of para-hydroxylation sites is 1. The van der Waals surface area contributed by atoms with E-state index < -0.39 is 23.2 Å². The standard InChI is InChI=1S/C12H9NO4/c1-6(14)9(12(16)17)10-7-4-2-3-5-8(7)13-11(10)15/h2-5H,1H3,(H,13,15)(H,16,17)/b10-9+. The number of carbonyl (C=O) groups is 3. The smallest absolute Gasteiger partial charge is 0.340 e. The number of hydrogen-bond donors (Lipinski definition) is 2. The average molecular weight is 231 g/mol. The van der Waals surface area contributed by atoms with Gasteiger partial charge in [0.1, 0.15) is 5.57 Å². The molecule has 0 spiro atoms. The Morgan fingerprint density at radius 2 is 1.88 bits per heavy atom. The van der Waals surface area contributed by atoms with E-state index >= 15 is 0 Å². The molecule has 0 fully saturated rings. The van der Waals surface area contributed by atoms with Crippen molar-refractivity contribution in [1.29, 1.82) is 0 Å². The molecule has 0 unspecified atom stereocenters. The van der Waals surface area contributed by atoms with Crippen LogP contribution < -0.4 is 5.32 Å². The molecule has 0 radical (unpaired) electrons. The zero-order chi connectivity index (χ0) is 12.6. The van der Waals surface area contributed by atoms with Gasteiger partial charge in [-0.25, -0.2) is 4.79 Å². The lowest BCUT2D eigenvalue weighted by molar-refractivity contribution is -0.134. The Bertz CT molecular complexity index is 556. The third-order valence-electron chi connectivity index (χ3n) is 2.49. The summed E-state index contributed by atoms with van der Waals surface area (Å²) in [6.45, 7) is 1.13. The van der Waals surface area contributed by atoms with Crippen LogP contribution in [0.5, 0.6) is 0 Å². The Morgan fingerprint density at radius 3 is 2.47 bits per heavy atom. The highest BCUT2D eigenvalue weighted by atomic mass is 16.4. The van der Waals surface area contributed by atoms with Gasteiger partial charge in [-0.2, -0.15) is 0 Å².